The van der Waals surface area contributed by atoms with Crippen molar-refractivity contribution in [1.29, 1.82) is 0 Å². The van der Waals surface area contributed by atoms with E-state index in [1.807, 2.05) is 0 Å². The SMILES string of the molecule is NCC1CCS(=O)(=O)CC1c1cccc(F)c1. The first-order valence-corrected chi connectivity index (χ1v) is 7.50. The van der Waals surface area contributed by atoms with Gasteiger partial charge in [-0.3, -0.25) is 0 Å². The van der Waals surface area contributed by atoms with Gasteiger partial charge in [-0.15, -0.1) is 0 Å². The van der Waals surface area contributed by atoms with Crippen molar-refractivity contribution in [3.63, 3.8) is 0 Å². The van der Waals surface area contributed by atoms with Crippen LogP contribution in [0.5, 0.6) is 0 Å². The number of nitrogens with two attached hydrogens (primary N) is 1. The van der Waals surface area contributed by atoms with Crippen LogP contribution in [-0.4, -0.2) is 26.5 Å². The van der Waals surface area contributed by atoms with Crippen molar-refractivity contribution < 1.29 is 12.8 Å². The number of halogens is 1. The highest BCUT2D eigenvalue weighted by Crippen LogP contribution is 2.33. The molecule has 0 saturated carbocycles. The third-order valence-corrected chi connectivity index (χ3v) is 5.11. The predicted octanol–water partition coefficient (Wildman–Crippen LogP) is 1.30. The quantitative estimate of drug-likeness (QED) is 0.868. The summed E-state index contributed by atoms with van der Waals surface area (Å²) in [5.41, 5.74) is 6.41. The topological polar surface area (TPSA) is 60.2 Å². The van der Waals surface area contributed by atoms with Gasteiger partial charge in [-0.25, -0.2) is 12.8 Å². The minimum atomic E-state index is -3.01. The molecule has 0 radical (unpaired) electrons. The molecule has 5 heteroatoms. The van der Waals surface area contributed by atoms with E-state index >= 15 is 0 Å². The van der Waals surface area contributed by atoms with E-state index in [-0.39, 0.29) is 29.2 Å². The highest BCUT2D eigenvalue weighted by atomic mass is 32.2. The van der Waals surface area contributed by atoms with Crippen LogP contribution < -0.4 is 5.73 Å². The molecule has 0 amide bonds. The molecule has 94 valence electrons. The van der Waals surface area contributed by atoms with Gasteiger partial charge in [0.2, 0.25) is 0 Å². The Morgan fingerprint density at radius 2 is 2.18 bits per heavy atom. The monoisotopic (exact) mass is 257 g/mol. The van der Waals surface area contributed by atoms with Crippen LogP contribution in [0.15, 0.2) is 24.3 Å². The predicted molar refractivity (Wildman–Crippen MR) is 65.0 cm³/mol. The zero-order chi connectivity index (χ0) is 12.5. The number of rotatable bonds is 2. The number of hydrogen-bond acceptors (Lipinski definition) is 3. The summed E-state index contributed by atoms with van der Waals surface area (Å²) in [4.78, 5) is 0. The van der Waals surface area contributed by atoms with E-state index in [4.69, 9.17) is 5.73 Å². The number of sulfone groups is 1. The summed E-state index contributed by atoms with van der Waals surface area (Å²) >= 11 is 0. The highest BCUT2D eigenvalue weighted by Gasteiger charge is 2.33. The Bertz CT molecular complexity index is 501. The molecule has 1 fully saturated rings. The lowest BCUT2D eigenvalue weighted by Gasteiger charge is -2.30. The first-order chi connectivity index (χ1) is 8.02. The van der Waals surface area contributed by atoms with Crippen LogP contribution in [-0.2, 0) is 9.84 Å². The van der Waals surface area contributed by atoms with Crippen molar-refractivity contribution in [2.45, 2.75) is 12.3 Å². The Labute approximate surface area is 101 Å². The lowest BCUT2D eigenvalue weighted by molar-refractivity contribution is 0.419. The molecule has 0 spiro atoms. The number of hydrogen-bond donors (Lipinski definition) is 1. The van der Waals surface area contributed by atoms with Crippen LogP contribution in [0.2, 0.25) is 0 Å². The van der Waals surface area contributed by atoms with Gasteiger partial charge in [-0.2, -0.15) is 0 Å². The second kappa shape index (κ2) is 4.74. The van der Waals surface area contributed by atoms with Gasteiger partial charge in [-0.1, -0.05) is 12.1 Å². The minimum Gasteiger partial charge on any atom is -0.330 e. The van der Waals surface area contributed by atoms with E-state index in [9.17, 15) is 12.8 Å². The Hall–Kier alpha value is -0.940. The zero-order valence-electron chi connectivity index (χ0n) is 9.47. The summed E-state index contributed by atoms with van der Waals surface area (Å²) in [6.07, 6.45) is 0.569. The molecular weight excluding hydrogens is 241 g/mol. The van der Waals surface area contributed by atoms with Gasteiger partial charge in [0.05, 0.1) is 11.5 Å². The summed E-state index contributed by atoms with van der Waals surface area (Å²) in [6.45, 7) is 0.441. The molecule has 2 rings (SSSR count). The van der Waals surface area contributed by atoms with Crippen LogP contribution in [0, 0.1) is 11.7 Å². The molecule has 2 N–H and O–H groups in total. The van der Waals surface area contributed by atoms with Crippen molar-refractivity contribution in [2.75, 3.05) is 18.1 Å². The van der Waals surface area contributed by atoms with Gasteiger partial charge in [-0.05, 0) is 36.6 Å². The second-order valence-corrected chi connectivity index (χ2v) is 6.79. The van der Waals surface area contributed by atoms with E-state index in [0.717, 1.165) is 5.56 Å². The maximum atomic E-state index is 13.2. The van der Waals surface area contributed by atoms with E-state index in [1.54, 1.807) is 12.1 Å². The molecule has 0 bridgehead atoms. The summed E-state index contributed by atoms with van der Waals surface area (Å²) in [7, 11) is -3.01. The maximum Gasteiger partial charge on any atom is 0.150 e. The van der Waals surface area contributed by atoms with E-state index in [2.05, 4.69) is 0 Å². The van der Waals surface area contributed by atoms with Gasteiger partial charge in [0.15, 0.2) is 9.84 Å². The van der Waals surface area contributed by atoms with Crippen molar-refractivity contribution in [3.05, 3.63) is 35.6 Å². The standard InChI is InChI=1S/C12H16FNO2S/c13-11-3-1-2-9(6-11)12-8-17(15,16)5-4-10(12)7-14/h1-3,6,10,12H,4-5,7-8,14H2. The van der Waals surface area contributed by atoms with Gasteiger partial charge < -0.3 is 5.73 Å². The van der Waals surface area contributed by atoms with Crippen molar-refractivity contribution in [1.82, 2.24) is 0 Å². The summed E-state index contributed by atoms with van der Waals surface area (Å²) in [5, 5.41) is 0. The minimum absolute atomic E-state index is 0.0817. The molecule has 1 saturated heterocycles. The van der Waals surface area contributed by atoms with E-state index < -0.39 is 9.84 Å². The van der Waals surface area contributed by atoms with Gasteiger partial charge in [0.25, 0.3) is 0 Å². The van der Waals surface area contributed by atoms with Crippen LogP contribution in [0.25, 0.3) is 0 Å². The van der Waals surface area contributed by atoms with E-state index in [1.165, 1.54) is 12.1 Å². The fourth-order valence-corrected chi connectivity index (χ4v) is 4.25. The van der Waals surface area contributed by atoms with Crippen molar-refractivity contribution >= 4 is 9.84 Å². The third kappa shape index (κ3) is 2.84. The summed E-state index contributed by atoms with van der Waals surface area (Å²) in [5.74, 6) is -0.102. The fourth-order valence-electron chi connectivity index (χ4n) is 2.41. The lowest BCUT2D eigenvalue weighted by Crippen LogP contribution is -2.35. The molecule has 0 aromatic heterocycles. The van der Waals surface area contributed by atoms with Crippen LogP contribution in [0.1, 0.15) is 17.9 Å². The average Bonchev–Trinajstić information content (AvgIpc) is 2.28. The van der Waals surface area contributed by atoms with Crippen molar-refractivity contribution in [2.24, 2.45) is 11.7 Å². The van der Waals surface area contributed by atoms with Gasteiger partial charge in [0, 0.05) is 5.92 Å². The maximum absolute atomic E-state index is 13.2. The molecule has 1 aliphatic heterocycles. The molecular formula is C12H16FNO2S. The van der Waals surface area contributed by atoms with Gasteiger partial charge >= 0.3 is 0 Å². The Balaban J connectivity index is 2.33. The normalized spacial score (nSPS) is 27.9. The van der Waals surface area contributed by atoms with Gasteiger partial charge in [0.1, 0.15) is 5.82 Å². The van der Waals surface area contributed by atoms with E-state index in [0.29, 0.717) is 13.0 Å². The molecule has 2 unspecified atom stereocenters. The summed E-state index contributed by atoms with van der Waals surface area (Å²) in [6, 6.07) is 6.16. The first-order valence-electron chi connectivity index (χ1n) is 5.68. The molecule has 2 atom stereocenters. The smallest absolute Gasteiger partial charge is 0.150 e. The lowest BCUT2D eigenvalue weighted by atomic mass is 9.85. The molecule has 0 aliphatic carbocycles. The largest absolute Gasteiger partial charge is 0.330 e. The second-order valence-electron chi connectivity index (χ2n) is 4.56. The summed E-state index contributed by atoms with van der Waals surface area (Å²) < 4.78 is 36.5. The molecule has 1 aromatic carbocycles. The zero-order valence-corrected chi connectivity index (χ0v) is 10.3. The third-order valence-electron chi connectivity index (χ3n) is 3.38. The van der Waals surface area contributed by atoms with Crippen LogP contribution in [0.4, 0.5) is 4.39 Å². The first kappa shape index (κ1) is 12.5. The molecule has 1 heterocycles. The van der Waals surface area contributed by atoms with Crippen LogP contribution >= 0.6 is 0 Å². The van der Waals surface area contributed by atoms with Crippen molar-refractivity contribution in [3.8, 4) is 0 Å². The number of benzene rings is 1. The Morgan fingerprint density at radius 3 is 2.82 bits per heavy atom. The molecule has 3 nitrogen and oxygen atoms in total. The molecule has 1 aliphatic rings. The highest BCUT2D eigenvalue weighted by molar-refractivity contribution is 7.91. The Kier molecular flexibility index (Phi) is 3.49. The average molecular weight is 257 g/mol. The fraction of sp³-hybridized carbons (Fsp3) is 0.500. The molecule has 1 aromatic rings. The Morgan fingerprint density at radius 1 is 1.41 bits per heavy atom. The van der Waals surface area contributed by atoms with Crippen LogP contribution in [0.3, 0.4) is 0 Å². The molecule has 17 heavy (non-hydrogen) atoms.